The number of nitro groups is 1. The molecule has 0 aliphatic rings. The van der Waals surface area contributed by atoms with Crippen molar-refractivity contribution in [3.8, 4) is 23.0 Å². The molecule has 0 saturated heterocycles. The van der Waals surface area contributed by atoms with Crippen molar-refractivity contribution < 1.29 is 9.45 Å². The van der Waals surface area contributed by atoms with Gasteiger partial charge in [-0.1, -0.05) is 5.16 Å². The second-order valence-electron chi connectivity index (χ2n) is 3.83. The highest BCUT2D eigenvalue weighted by Crippen LogP contribution is 2.29. The third kappa shape index (κ3) is 2.10. The summed E-state index contributed by atoms with van der Waals surface area (Å²) >= 11 is 1.40. The lowest BCUT2D eigenvalue weighted by molar-refractivity contribution is -0.384. The van der Waals surface area contributed by atoms with Crippen molar-refractivity contribution in [1.29, 1.82) is 0 Å². The van der Waals surface area contributed by atoms with Gasteiger partial charge in [0.15, 0.2) is 0 Å². The number of aromatic nitrogens is 3. The molecule has 0 saturated carbocycles. The van der Waals surface area contributed by atoms with E-state index in [1.165, 1.54) is 29.5 Å². The molecule has 0 amide bonds. The number of nitrogens with zero attached hydrogens (tertiary/aromatic N) is 4. The van der Waals surface area contributed by atoms with E-state index in [1.807, 2.05) is 0 Å². The molecule has 20 heavy (non-hydrogen) atoms. The van der Waals surface area contributed by atoms with Crippen molar-refractivity contribution in [1.82, 2.24) is 15.1 Å². The molecule has 100 valence electrons. The van der Waals surface area contributed by atoms with E-state index in [-0.39, 0.29) is 11.6 Å². The van der Waals surface area contributed by atoms with Crippen LogP contribution in [0, 0.1) is 10.1 Å². The van der Waals surface area contributed by atoms with Crippen molar-refractivity contribution in [2.75, 3.05) is 5.73 Å². The van der Waals surface area contributed by atoms with E-state index in [9.17, 15) is 10.1 Å². The molecule has 0 bridgehead atoms. The van der Waals surface area contributed by atoms with Crippen LogP contribution in [0.3, 0.4) is 0 Å². The normalized spacial score (nSPS) is 10.6. The van der Waals surface area contributed by atoms with Gasteiger partial charge in [-0.2, -0.15) is 4.98 Å². The molecule has 0 radical (unpaired) electrons. The molecule has 1 aromatic carbocycles. The Morgan fingerprint density at radius 2 is 2.25 bits per heavy atom. The number of nitro benzene ring substituents is 1. The van der Waals surface area contributed by atoms with E-state index in [0.29, 0.717) is 22.8 Å². The summed E-state index contributed by atoms with van der Waals surface area (Å²) in [6.45, 7) is 0. The molecule has 8 nitrogen and oxygen atoms in total. The Balaban J connectivity index is 2.05. The number of nitrogen functional groups attached to an aromatic ring is 1. The maximum Gasteiger partial charge on any atom is 0.270 e. The minimum absolute atomic E-state index is 0.0948. The minimum atomic E-state index is -0.513. The molecule has 0 aliphatic carbocycles. The topological polar surface area (TPSA) is 121 Å². The summed E-state index contributed by atoms with van der Waals surface area (Å²) in [6.07, 6.45) is 0. The van der Waals surface area contributed by atoms with E-state index in [0.717, 1.165) is 0 Å². The fraction of sp³-hybridized carbons (Fsp3) is 0. The molecule has 3 aromatic rings. The molecule has 0 aliphatic heterocycles. The SMILES string of the molecule is Nc1ccc([N+](=O)[O-])cc1-c1nc(-c2cscn2)no1. The Morgan fingerprint density at radius 3 is 2.95 bits per heavy atom. The summed E-state index contributed by atoms with van der Waals surface area (Å²) in [4.78, 5) is 18.5. The summed E-state index contributed by atoms with van der Waals surface area (Å²) in [5, 5.41) is 16.3. The number of rotatable bonds is 3. The Kier molecular flexibility index (Phi) is 2.88. The molecule has 2 N–H and O–H groups in total. The van der Waals surface area contributed by atoms with Gasteiger partial charge >= 0.3 is 0 Å². The van der Waals surface area contributed by atoms with Gasteiger partial charge < -0.3 is 10.3 Å². The molecule has 3 rings (SSSR count). The van der Waals surface area contributed by atoms with Gasteiger partial charge in [-0.25, -0.2) is 4.98 Å². The van der Waals surface area contributed by atoms with Crippen LogP contribution < -0.4 is 5.73 Å². The molecule has 0 unspecified atom stereocenters. The summed E-state index contributed by atoms with van der Waals surface area (Å²) in [5.41, 5.74) is 8.56. The van der Waals surface area contributed by atoms with Crippen LogP contribution in [0.15, 0.2) is 33.6 Å². The van der Waals surface area contributed by atoms with Gasteiger partial charge in [0.2, 0.25) is 5.82 Å². The van der Waals surface area contributed by atoms with Gasteiger partial charge in [-0.05, 0) is 6.07 Å². The second kappa shape index (κ2) is 4.70. The van der Waals surface area contributed by atoms with Gasteiger partial charge in [0.05, 0.1) is 16.0 Å². The monoisotopic (exact) mass is 289 g/mol. The van der Waals surface area contributed by atoms with Gasteiger partial charge in [0.1, 0.15) is 5.69 Å². The summed E-state index contributed by atoms with van der Waals surface area (Å²) in [7, 11) is 0. The first-order valence-electron chi connectivity index (χ1n) is 5.41. The van der Waals surface area contributed by atoms with Crippen LogP contribution in [0.25, 0.3) is 23.0 Å². The largest absolute Gasteiger partial charge is 0.398 e. The predicted octanol–water partition coefficient (Wildman–Crippen LogP) is 2.35. The number of hydrogen-bond donors (Lipinski definition) is 1. The van der Waals surface area contributed by atoms with Crippen LogP contribution in [0.1, 0.15) is 0 Å². The zero-order valence-corrected chi connectivity index (χ0v) is 10.7. The molecular formula is C11H7N5O3S. The van der Waals surface area contributed by atoms with E-state index in [4.69, 9.17) is 10.3 Å². The van der Waals surface area contributed by atoms with Crippen LogP contribution in [-0.2, 0) is 0 Å². The van der Waals surface area contributed by atoms with Crippen LogP contribution in [-0.4, -0.2) is 20.0 Å². The lowest BCUT2D eigenvalue weighted by Crippen LogP contribution is -1.94. The zero-order valence-electron chi connectivity index (χ0n) is 9.89. The first kappa shape index (κ1) is 12.2. The van der Waals surface area contributed by atoms with Gasteiger partial charge in [0, 0.05) is 23.2 Å². The second-order valence-corrected chi connectivity index (χ2v) is 4.54. The number of anilines is 1. The number of benzene rings is 1. The van der Waals surface area contributed by atoms with Crippen LogP contribution >= 0.6 is 11.3 Å². The Hall–Kier alpha value is -2.81. The van der Waals surface area contributed by atoms with Crippen LogP contribution in [0.4, 0.5) is 11.4 Å². The van der Waals surface area contributed by atoms with Crippen LogP contribution in [0.5, 0.6) is 0 Å². The zero-order chi connectivity index (χ0) is 14.1. The van der Waals surface area contributed by atoms with Crippen molar-refractivity contribution in [3.63, 3.8) is 0 Å². The van der Waals surface area contributed by atoms with E-state index in [1.54, 1.807) is 10.9 Å². The Morgan fingerprint density at radius 1 is 1.40 bits per heavy atom. The van der Waals surface area contributed by atoms with Gasteiger partial charge in [0.25, 0.3) is 11.6 Å². The predicted molar refractivity (Wildman–Crippen MR) is 71.9 cm³/mol. The van der Waals surface area contributed by atoms with E-state index in [2.05, 4.69) is 15.1 Å². The first-order valence-corrected chi connectivity index (χ1v) is 6.36. The smallest absolute Gasteiger partial charge is 0.270 e. The number of hydrogen-bond acceptors (Lipinski definition) is 8. The van der Waals surface area contributed by atoms with Crippen molar-refractivity contribution in [3.05, 3.63) is 39.2 Å². The van der Waals surface area contributed by atoms with Gasteiger partial charge in [-0.3, -0.25) is 10.1 Å². The fourth-order valence-electron chi connectivity index (χ4n) is 1.60. The van der Waals surface area contributed by atoms with E-state index < -0.39 is 4.92 Å². The quantitative estimate of drug-likeness (QED) is 0.446. The third-order valence-electron chi connectivity index (χ3n) is 2.57. The summed E-state index contributed by atoms with van der Waals surface area (Å²) < 4.78 is 5.09. The summed E-state index contributed by atoms with van der Waals surface area (Å²) in [5.74, 6) is 0.432. The number of thiazole rings is 1. The number of non-ortho nitro benzene ring substituents is 1. The molecule has 0 atom stereocenters. The van der Waals surface area contributed by atoms with Gasteiger partial charge in [-0.15, -0.1) is 11.3 Å². The molecular weight excluding hydrogens is 282 g/mol. The minimum Gasteiger partial charge on any atom is -0.398 e. The number of nitrogens with two attached hydrogens (primary N) is 1. The van der Waals surface area contributed by atoms with Crippen molar-refractivity contribution in [2.24, 2.45) is 0 Å². The first-order chi connectivity index (χ1) is 9.65. The average Bonchev–Trinajstić information content (AvgIpc) is 3.10. The maximum atomic E-state index is 10.8. The highest BCUT2D eigenvalue weighted by molar-refractivity contribution is 7.07. The Bertz CT molecular complexity index is 768. The lowest BCUT2D eigenvalue weighted by Gasteiger charge is -1.99. The van der Waals surface area contributed by atoms with Crippen molar-refractivity contribution >= 4 is 22.7 Å². The standard InChI is InChI=1S/C11H7N5O3S/c12-8-2-1-6(16(17)18)3-7(8)11-14-10(15-19-11)9-4-20-5-13-9/h1-5H,12H2. The maximum absolute atomic E-state index is 10.8. The third-order valence-corrected chi connectivity index (χ3v) is 3.15. The van der Waals surface area contributed by atoms with E-state index >= 15 is 0 Å². The van der Waals surface area contributed by atoms with Crippen LogP contribution in [0.2, 0.25) is 0 Å². The molecule has 2 aromatic heterocycles. The molecule has 9 heteroatoms. The molecule has 2 heterocycles. The fourth-order valence-corrected chi connectivity index (χ4v) is 2.13. The molecule has 0 spiro atoms. The highest BCUT2D eigenvalue weighted by atomic mass is 32.1. The summed E-state index contributed by atoms with van der Waals surface area (Å²) in [6, 6.07) is 4.05. The Labute approximate surface area is 116 Å². The highest BCUT2D eigenvalue weighted by Gasteiger charge is 2.17. The molecule has 0 fully saturated rings. The van der Waals surface area contributed by atoms with Crippen molar-refractivity contribution in [2.45, 2.75) is 0 Å². The average molecular weight is 289 g/mol. The lowest BCUT2D eigenvalue weighted by atomic mass is 10.1.